The number of benzene rings is 2. The highest BCUT2D eigenvalue weighted by Crippen LogP contribution is 2.29. The molecule has 15 heteroatoms. The van der Waals surface area contributed by atoms with E-state index in [1.165, 1.54) is 48.5 Å². The maximum absolute atomic E-state index is 13.1. The molecule has 0 aromatic heterocycles. The first-order chi connectivity index (χ1) is 18.5. The quantitative estimate of drug-likeness (QED) is 0.169. The molecule has 4 rings (SSSR count). The summed E-state index contributed by atoms with van der Waals surface area (Å²) >= 11 is 0. The summed E-state index contributed by atoms with van der Waals surface area (Å²) in [6.07, 6.45) is -5.91. The number of carbonyl (C=O) groups is 2. The van der Waals surface area contributed by atoms with Crippen molar-refractivity contribution in [3.63, 3.8) is 0 Å². The number of hydrogen-bond acceptors (Lipinski definition) is 14. The average molecular weight is 565 g/mol. The number of esters is 2. The third-order valence-electron chi connectivity index (χ3n) is 5.87. The Balaban J connectivity index is 1.48. The number of anilines is 2. The van der Waals surface area contributed by atoms with Gasteiger partial charge < -0.3 is 50.7 Å². The molecule has 2 heterocycles. The van der Waals surface area contributed by atoms with Gasteiger partial charge in [-0.2, -0.15) is 0 Å². The van der Waals surface area contributed by atoms with E-state index in [1.807, 2.05) is 0 Å². The van der Waals surface area contributed by atoms with Crippen LogP contribution in [0.4, 0.5) is 11.4 Å². The second-order valence-electron chi connectivity index (χ2n) is 8.47. The molecule has 0 aliphatic carbocycles. The lowest BCUT2D eigenvalue weighted by atomic mass is 10.1. The van der Waals surface area contributed by atoms with Gasteiger partial charge in [0.2, 0.25) is 9.84 Å². The molecule has 2 aromatic rings. The van der Waals surface area contributed by atoms with Gasteiger partial charge in [0.1, 0.15) is 12.2 Å². The van der Waals surface area contributed by atoms with Gasteiger partial charge in [-0.25, -0.2) is 18.0 Å². The van der Waals surface area contributed by atoms with Crippen molar-refractivity contribution in [3.05, 3.63) is 71.4 Å². The molecule has 2 aromatic carbocycles. The first-order valence-electron chi connectivity index (χ1n) is 11.3. The lowest BCUT2D eigenvalue weighted by Gasteiger charge is -2.14. The van der Waals surface area contributed by atoms with Crippen molar-refractivity contribution in [2.45, 2.75) is 34.2 Å². The molecule has 14 nitrogen and oxygen atoms in total. The normalized spacial score (nSPS) is 21.0. The van der Waals surface area contributed by atoms with E-state index < -0.39 is 70.9 Å². The minimum atomic E-state index is -4.00. The molecule has 0 saturated heterocycles. The standard InChI is InChI=1S/C24H24N2O12S/c27-9-15(29)21-19(31)17(23(33)37-21)25-11-1-5-13(6-2-11)39(35,36)14-7-3-12(4-8-14)26-18-20(32)22(16(30)10-28)38-24(18)34/h1-8,15-16,21-22,25-32H,9-10H2/t15-,16+,21-,22-/m0/s1. The zero-order chi connectivity index (χ0) is 28.5. The zero-order valence-corrected chi connectivity index (χ0v) is 20.7. The third kappa shape index (κ3) is 5.39. The lowest BCUT2D eigenvalue weighted by molar-refractivity contribution is -0.146. The van der Waals surface area contributed by atoms with Crippen LogP contribution in [0.2, 0.25) is 0 Å². The van der Waals surface area contributed by atoms with Crippen LogP contribution in [0.25, 0.3) is 0 Å². The molecular weight excluding hydrogens is 540 g/mol. The molecule has 0 radical (unpaired) electrons. The number of aliphatic hydroxyl groups is 6. The second-order valence-corrected chi connectivity index (χ2v) is 10.4. The number of ether oxygens (including phenoxy) is 2. The van der Waals surface area contributed by atoms with E-state index in [2.05, 4.69) is 10.6 Å². The molecule has 4 atom stereocenters. The van der Waals surface area contributed by atoms with Crippen molar-refractivity contribution in [3.8, 4) is 0 Å². The SMILES string of the molecule is O=C1O[C@@H]([C@H](O)CO)C(O)=C1Nc1ccc(S(=O)(=O)c2ccc(NC3=C(O)[C@H]([C@@H](O)CO)OC3=O)cc2)cc1. The number of nitrogens with one attached hydrogen (secondary N) is 2. The number of cyclic esters (lactones) is 2. The van der Waals surface area contributed by atoms with Gasteiger partial charge in [-0.05, 0) is 48.5 Å². The van der Waals surface area contributed by atoms with E-state index in [1.54, 1.807) is 0 Å². The van der Waals surface area contributed by atoms with Crippen molar-refractivity contribution in [2.24, 2.45) is 0 Å². The van der Waals surface area contributed by atoms with Gasteiger partial charge in [0.15, 0.2) is 35.1 Å². The van der Waals surface area contributed by atoms with Crippen LogP contribution in [0.1, 0.15) is 0 Å². The fraction of sp³-hybridized carbons (Fsp3) is 0.250. The number of hydrogen-bond donors (Lipinski definition) is 8. The van der Waals surface area contributed by atoms with E-state index in [0.29, 0.717) is 0 Å². The van der Waals surface area contributed by atoms with Gasteiger partial charge in [-0.1, -0.05) is 0 Å². The summed E-state index contributed by atoms with van der Waals surface area (Å²) in [5, 5.41) is 62.8. The minimum Gasteiger partial charge on any atom is -0.506 e. The minimum absolute atomic E-state index is 0.102. The van der Waals surface area contributed by atoms with Crippen molar-refractivity contribution in [2.75, 3.05) is 23.8 Å². The monoisotopic (exact) mass is 564 g/mol. The highest BCUT2D eigenvalue weighted by Gasteiger charge is 2.40. The smallest absolute Gasteiger partial charge is 0.359 e. The number of aliphatic hydroxyl groups excluding tert-OH is 6. The van der Waals surface area contributed by atoms with Gasteiger partial charge in [0, 0.05) is 11.4 Å². The van der Waals surface area contributed by atoms with Crippen LogP contribution in [0.3, 0.4) is 0 Å². The highest BCUT2D eigenvalue weighted by atomic mass is 32.2. The Bertz CT molecular complexity index is 1330. The van der Waals surface area contributed by atoms with Crippen LogP contribution in [-0.4, -0.2) is 88.6 Å². The molecule has 0 amide bonds. The topological polar surface area (TPSA) is 232 Å². The Labute approximate surface area is 221 Å². The molecular formula is C24H24N2O12S. The van der Waals surface area contributed by atoms with Crippen molar-refractivity contribution in [1.29, 1.82) is 0 Å². The van der Waals surface area contributed by atoms with Gasteiger partial charge in [0.05, 0.1) is 23.0 Å². The highest BCUT2D eigenvalue weighted by molar-refractivity contribution is 7.91. The van der Waals surface area contributed by atoms with E-state index in [9.17, 15) is 38.4 Å². The summed E-state index contributed by atoms with van der Waals surface area (Å²) < 4.78 is 35.8. The second kappa shape index (κ2) is 10.9. The Morgan fingerprint density at radius 2 is 1.03 bits per heavy atom. The molecule has 2 aliphatic rings. The molecule has 208 valence electrons. The molecule has 8 N–H and O–H groups in total. The maximum Gasteiger partial charge on any atom is 0.359 e. The van der Waals surface area contributed by atoms with Gasteiger partial charge in [-0.15, -0.1) is 0 Å². The summed E-state index contributed by atoms with van der Waals surface area (Å²) in [5.74, 6) is -3.15. The van der Waals surface area contributed by atoms with Gasteiger partial charge in [0.25, 0.3) is 0 Å². The van der Waals surface area contributed by atoms with E-state index in [4.69, 9.17) is 19.7 Å². The van der Waals surface area contributed by atoms with Crippen LogP contribution in [0, 0.1) is 0 Å². The molecule has 0 spiro atoms. The summed E-state index contributed by atoms with van der Waals surface area (Å²) in [5.41, 5.74) is -0.272. The maximum atomic E-state index is 13.1. The van der Waals surface area contributed by atoms with E-state index in [-0.39, 0.29) is 32.6 Å². The van der Waals surface area contributed by atoms with Crippen LogP contribution in [0.5, 0.6) is 0 Å². The average Bonchev–Trinajstić information content (AvgIpc) is 3.37. The molecule has 0 saturated carbocycles. The summed E-state index contributed by atoms with van der Waals surface area (Å²) in [7, 11) is -4.00. The van der Waals surface area contributed by atoms with E-state index >= 15 is 0 Å². The predicted molar refractivity (Wildman–Crippen MR) is 131 cm³/mol. The Morgan fingerprint density at radius 3 is 1.33 bits per heavy atom. The Kier molecular flexibility index (Phi) is 7.80. The lowest BCUT2D eigenvalue weighted by Crippen LogP contribution is -2.31. The predicted octanol–water partition coefficient (Wildman–Crippen LogP) is -0.560. The largest absolute Gasteiger partial charge is 0.506 e. The van der Waals surface area contributed by atoms with Crippen molar-refractivity contribution in [1.82, 2.24) is 0 Å². The molecule has 39 heavy (non-hydrogen) atoms. The van der Waals surface area contributed by atoms with Crippen LogP contribution in [0.15, 0.2) is 81.2 Å². The molecule has 2 aliphatic heterocycles. The molecule has 0 fully saturated rings. The fourth-order valence-corrected chi connectivity index (χ4v) is 5.02. The molecule has 0 bridgehead atoms. The van der Waals surface area contributed by atoms with Crippen LogP contribution < -0.4 is 10.6 Å². The number of rotatable bonds is 10. The third-order valence-corrected chi connectivity index (χ3v) is 7.65. The van der Waals surface area contributed by atoms with Crippen molar-refractivity contribution >= 4 is 33.2 Å². The number of sulfone groups is 1. The fourth-order valence-electron chi connectivity index (χ4n) is 3.76. The first-order valence-corrected chi connectivity index (χ1v) is 12.8. The number of carbonyl (C=O) groups excluding carboxylic acids is 2. The van der Waals surface area contributed by atoms with Crippen molar-refractivity contribution < 1.29 is 58.1 Å². The van der Waals surface area contributed by atoms with Gasteiger partial charge in [-0.3, -0.25) is 0 Å². The van der Waals surface area contributed by atoms with Crippen LogP contribution in [-0.2, 0) is 28.9 Å². The zero-order valence-electron chi connectivity index (χ0n) is 19.9. The Morgan fingerprint density at radius 1 is 0.692 bits per heavy atom. The molecule has 0 unspecified atom stereocenters. The summed E-state index contributed by atoms with van der Waals surface area (Å²) in [4.78, 5) is 23.8. The van der Waals surface area contributed by atoms with Gasteiger partial charge >= 0.3 is 11.9 Å². The Hall–Kier alpha value is -4.15. The first kappa shape index (κ1) is 27.9. The summed E-state index contributed by atoms with van der Waals surface area (Å²) in [6, 6.07) is 10.4. The van der Waals surface area contributed by atoms with Crippen LogP contribution >= 0.6 is 0 Å². The summed E-state index contributed by atoms with van der Waals surface area (Å²) in [6.45, 7) is -1.50. The van der Waals surface area contributed by atoms with E-state index in [0.717, 1.165) is 0 Å².